The fraction of sp³-hybridized carbons (Fsp3) is 0.316. The number of nitrogens with zero attached hydrogens (tertiary/aromatic N) is 5. The Kier molecular flexibility index (Phi) is 4.84. The van der Waals surface area contributed by atoms with Crippen LogP contribution in [0.4, 0.5) is 13.2 Å². The average molecular weight is 408 g/mol. The zero-order chi connectivity index (χ0) is 19.9. The number of hydrogen-bond acceptors (Lipinski definition) is 4. The maximum absolute atomic E-state index is 12.8. The largest absolute Gasteiger partial charge is 0.451 e. The van der Waals surface area contributed by atoms with Crippen molar-refractivity contribution in [1.82, 2.24) is 24.6 Å². The van der Waals surface area contributed by atoms with E-state index in [0.29, 0.717) is 42.5 Å². The second-order valence-electron chi connectivity index (χ2n) is 6.73. The lowest BCUT2D eigenvalue weighted by Crippen LogP contribution is -2.31. The topological polar surface area (TPSA) is 46.8 Å². The number of para-hydroxylation sites is 1. The molecule has 0 radical (unpaired) electrons. The zero-order valence-electron chi connectivity index (χ0n) is 15.0. The van der Waals surface area contributed by atoms with Gasteiger partial charge in [0, 0.05) is 43.4 Å². The molecule has 2 aromatic heterocycles. The Bertz CT molecular complexity index is 1000. The van der Waals surface area contributed by atoms with Crippen molar-refractivity contribution in [2.45, 2.75) is 32.6 Å². The third kappa shape index (κ3) is 3.62. The highest BCUT2D eigenvalue weighted by molar-refractivity contribution is 6.30. The van der Waals surface area contributed by atoms with Gasteiger partial charge >= 0.3 is 6.18 Å². The van der Waals surface area contributed by atoms with Gasteiger partial charge in [-0.05, 0) is 19.1 Å². The van der Waals surface area contributed by atoms with Crippen LogP contribution in [0.2, 0.25) is 5.15 Å². The molecular formula is C19H17ClF3N5. The minimum Gasteiger partial charge on any atom is -0.294 e. The fourth-order valence-electron chi connectivity index (χ4n) is 3.32. The molecule has 9 heteroatoms. The maximum atomic E-state index is 12.8. The molecule has 0 saturated heterocycles. The Labute approximate surface area is 164 Å². The summed E-state index contributed by atoms with van der Waals surface area (Å²) in [5.74, 6) is -1.08. The van der Waals surface area contributed by atoms with E-state index in [2.05, 4.69) is 20.0 Å². The van der Waals surface area contributed by atoms with E-state index >= 15 is 0 Å². The van der Waals surface area contributed by atoms with E-state index in [9.17, 15) is 13.2 Å². The summed E-state index contributed by atoms with van der Waals surface area (Å²) in [6.07, 6.45) is -2.81. The zero-order valence-corrected chi connectivity index (χ0v) is 15.8. The molecule has 0 aliphatic carbocycles. The third-order valence-corrected chi connectivity index (χ3v) is 5.16. The van der Waals surface area contributed by atoms with Crippen molar-refractivity contribution >= 4 is 11.6 Å². The van der Waals surface area contributed by atoms with E-state index in [1.54, 1.807) is 4.68 Å². The number of halogens is 4. The summed E-state index contributed by atoms with van der Waals surface area (Å²) >= 11 is 6.58. The number of benzene rings is 1. The Balaban J connectivity index is 1.55. The summed E-state index contributed by atoms with van der Waals surface area (Å²) in [7, 11) is 0. The molecule has 3 aromatic rings. The van der Waals surface area contributed by atoms with Crippen molar-refractivity contribution in [2.24, 2.45) is 0 Å². The van der Waals surface area contributed by atoms with Crippen LogP contribution in [0.5, 0.6) is 0 Å². The highest BCUT2D eigenvalue weighted by atomic mass is 35.5. The van der Waals surface area contributed by atoms with E-state index < -0.39 is 12.0 Å². The number of aryl methyl sites for hydroxylation is 1. The summed E-state index contributed by atoms with van der Waals surface area (Å²) in [6, 6.07) is 9.61. The van der Waals surface area contributed by atoms with E-state index in [-0.39, 0.29) is 0 Å². The van der Waals surface area contributed by atoms with Crippen LogP contribution >= 0.6 is 11.6 Å². The lowest BCUT2D eigenvalue weighted by atomic mass is 10.1. The van der Waals surface area contributed by atoms with Crippen LogP contribution in [-0.2, 0) is 25.7 Å². The van der Waals surface area contributed by atoms with Crippen LogP contribution in [0.15, 0.2) is 36.5 Å². The molecule has 5 nitrogen and oxygen atoms in total. The average Bonchev–Trinajstić information content (AvgIpc) is 2.96. The van der Waals surface area contributed by atoms with Gasteiger partial charge in [0.2, 0.25) is 5.82 Å². The molecule has 0 unspecified atom stereocenters. The molecule has 146 valence electrons. The first kappa shape index (κ1) is 18.9. The second kappa shape index (κ2) is 7.18. The molecular weight excluding hydrogens is 391 g/mol. The Morgan fingerprint density at radius 3 is 2.64 bits per heavy atom. The first-order valence-electron chi connectivity index (χ1n) is 8.76. The number of alkyl halides is 3. The SMILES string of the molecule is Cc1nn(-c2ccccc2)c(Cl)c1CN1CCc2nc(C(F)(F)F)ncc2C1. The molecule has 28 heavy (non-hydrogen) atoms. The van der Waals surface area contributed by atoms with Gasteiger partial charge < -0.3 is 0 Å². The van der Waals surface area contributed by atoms with Crippen molar-refractivity contribution in [1.29, 1.82) is 0 Å². The van der Waals surface area contributed by atoms with E-state index in [1.165, 1.54) is 6.20 Å². The van der Waals surface area contributed by atoms with Crippen molar-refractivity contribution in [3.63, 3.8) is 0 Å². The standard InChI is InChI=1S/C19H17ClF3N5/c1-12-15(17(20)28(26-12)14-5-3-2-4-6-14)11-27-8-7-16-13(10-27)9-24-18(25-16)19(21,22)23/h2-6,9H,7-8,10-11H2,1H3. The predicted molar refractivity (Wildman–Crippen MR) is 98.2 cm³/mol. The van der Waals surface area contributed by atoms with E-state index in [0.717, 1.165) is 16.9 Å². The Morgan fingerprint density at radius 1 is 1.18 bits per heavy atom. The smallest absolute Gasteiger partial charge is 0.294 e. The van der Waals surface area contributed by atoms with E-state index in [1.807, 2.05) is 37.3 Å². The predicted octanol–water partition coefficient (Wildman–Crippen LogP) is 4.20. The number of fused-ring (bicyclic) bond motifs is 1. The minimum absolute atomic E-state index is 0.435. The molecule has 0 fully saturated rings. The molecule has 0 atom stereocenters. The molecule has 4 rings (SSSR count). The van der Waals surface area contributed by atoms with Crippen molar-refractivity contribution in [3.8, 4) is 5.69 Å². The quantitative estimate of drug-likeness (QED) is 0.652. The molecule has 0 spiro atoms. The van der Waals surface area contributed by atoms with Crippen LogP contribution < -0.4 is 0 Å². The van der Waals surface area contributed by atoms with Gasteiger partial charge in [-0.2, -0.15) is 18.3 Å². The molecule has 0 saturated carbocycles. The number of hydrogen-bond donors (Lipinski definition) is 0. The van der Waals surface area contributed by atoms with Gasteiger partial charge in [0.05, 0.1) is 17.1 Å². The van der Waals surface area contributed by atoms with Gasteiger partial charge in [0.25, 0.3) is 0 Å². The summed E-state index contributed by atoms with van der Waals surface area (Å²) < 4.78 is 40.1. The highest BCUT2D eigenvalue weighted by Crippen LogP contribution is 2.29. The van der Waals surface area contributed by atoms with Crippen LogP contribution in [0, 0.1) is 6.92 Å². The van der Waals surface area contributed by atoms with Crippen LogP contribution in [0.3, 0.4) is 0 Å². The van der Waals surface area contributed by atoms with Gasteiger partial charge in [-0.25, -0.2) is 14.6 Å². The van der Waals surface area contributed by atoms with Gasteiger partial charge in [-0.3, -0.25) is 4.90 Å². The first-order chi connectivity index (χ1) is 13.3. The molecule has 1 aliphatic rings. The normalized spacial score (nSPS) is 14.9. The van der Waals surface area contributed by atoms with Gasteiger partial charge in [0.15, 0.2) is 0 Å². The first-order valence-corrected chi connectivity index (χ1v) is 9.14. The third-order valence-electron chi connectivity index (χ3n) is 4.77. The molecule has 3 heterocycles. The van der Waals surface area contributed by atoms with Gasteiger partial charge in [0.1, 0.15) is 5.15 Å². The second-order valence-corrected chi connectivity index (χ2v) is 7.08. The highest BCUT2D eigenvalue weighted by Gasteiger charge is 2.35. The molecule has 1 aliphatic heterocycles. The minimum atomic E-state index is -4.52. The van der Waals surface area contributed by atoms with E-state index in [4.69, 9.17) is 11.6 Å². The van der Waals surface area contributed by atoms with Crippen molar-refractivity contribution in [3.05, 3.63) is 70.0 Å². The number of rotatable bonds is 3. The van der Waals surface area contributed by atoms with Crippen LogP contribution in [-0.4, -0.2) is 31.2 Å². The maximum Gasteiger partial charge on any atom is 0.451 e. The molecule has 0 bridgehead atoms. The fourth-order valence-corrected chi connectivity index (χ4v) is 3.65. The van der Waals surface area contributed by atoms with Crippen molar-refractivity contribution in [2.75, 3.05) is 6.54 Å². The Morgan fingerprint density at radius 2 is 1.93 bits per heavy atom. The Hall–Kier alpha value is -2.45. The van der Waals surface area contributed by atoms with Crippen LogP contribution in [0.1, 0.15) is 28.3 Å². The lowest BCUT2D eigenvalue weighted by Gasteiger charge is -2.28. The lowest BCUT2D eigenvalue weighted by molar-refractivity contribution is -0.145. The summed E-state index contributed by atoms with van der Waals surface area (Å²) in [6.45, 7) is 3.52. The summed E-state index contributed by atoms with van der Waals surface area (Å²) in [5, 5.41) is 5.08. The van der Waals surface area contributed by atoms with Crippen LogP contribution in [0.25, 0.3) is 5.69 Å². The summed E-state index contributed by atoms with van der Waals surface area (Å²) in [5.41, 5.74) is 3.77. The molecule has 0 N–H and O–H groups in total. The monoisotopic (exact) mass is 407 g/mol. The summed E-state index contributed by atoms with van der Waals surface area (Å²) in [4.78, 5) is 9.29. The number of aromatic nitrogens is 4. The van der Waals surface area contributed by atoms with Crippen molar-refractivity contribution < 1.29 is 13.2 Å². The molecule has 1 aromatic carbocycles. The molecule has 0 amide bonds. The van der Waals surface area contributed by atoms with Gasteiger partial charge in [-0.15, -0.1) is 0 Å². The van der Waals surface area contributed by atoms with Gasteiger partial charge in [-0.1, -0.05) is 29.8 Å².